The molecular formula is C22H28N4O3. The van der Waals surface area contributed by atoms with Crippen molar-refractivity contribution in [2.75, 3.05) is 18.5 Å². The van der Waals surface area contributed by atoms with Crippen LogP contribution in [0.15, 0.2) is 24.3 Å². The second-order valence-electron chi connectivity index (χ2n) is 7.96. The molecule has 2 heterocycles. The molecule has 1 saturated carbocycles. The second kappa shape index (κ2) is 8.37. The summed E-state index contributed by atoms with van der Waals surface area (Å²) in [5.41, 5.74) is 4.66. The molecule has 0 radical (unpaired) electrons. The molecule has 154 valence electrons. The summed E-state index contributed by atoms with van der Waals surface area (Å²) in [6, 6.07) is 7.90. The highest BCUT2D eigenvalue weighted by Crippen LogP contribution is 2.33. The standard InChI is InChI=1S/C22H28N4O3/c1-3-29-22(28)21-19-14-25(11-10-20(19)26(24-21)13-17-4-5-17)12-16-6-8-18(9-7-16)23-15(2)27/h6-9,17H,3-5,10-14H2,1-2H3,(H,23,27). The van der Waals surface area contributed by atoms with Crippen molar-refractivity contribution in [3.05, 3.63) is 46.8 Å². The van der Waals surface area contributed by atoms with Crippen LogP contribution < -0.4 is 5.32 Å². The molecule has 1 aliphatic carbocycles. The molecule has 0 unspecified atom stereocenters. The van der Waals surface area contributed by atoms with E-state index in [-0.39, 0.29) is 11.9 Å². The highest BCUT2D eigenvalue weighted by molar-refractivity contribution is 5.89. The molecule has 1 aromatic heterocycles. The van der Waals surface area contributed by atoms with E-state index in [9.17, 15) is 9.59 Å². The fraction of sp³-hybridized carbons (Fsp3) is 0.500. The van der Waals surface area contributed by atoms with E-state index in [1.807, 2.05) is 31.2 Å². The monoisotopic (exact) mass is 396 g/mol. The zero-order valence-electron chi connectivity index (χ0n) is 17.1. The van der Waals surface area contributed by atoms with E-state index < -0.39 is 0 Å². The van der Waals surface area contributed by atoms with Crippen LogP contribution in [0.4, 0.5) is 5.69 Å². The largest absolute Gasteiger partial charge is 0.461 e. The first kappa shape index (κ1) is 19.6. The number of nitrogens with one attached hydrogen (secondary N) is 1. The Morgan fingerprint density at radius 2 is 2.00 bits per heavy atom. The van der Waals surface area contributed by atoms with E-state index in [2.05, 4.69) is 20.0 Å². The van der Waals surface area contributed by atoms with E-state index in [1.165, 1.54) is 31.0 Å². The van der Waals surface area contributed by atoms with Crippen molar-refractivity contribution < 1.29 is 14.3 Å². The van der Waals surface area contributed by atoms with Gasteiger partial charge in [0.25, 0.3) is 0 Å². The molecule has 1 amide bonds. The van der Waals surface area contributed by atoms with Crippen LogP contribution in [0.5, 0.6) is 0 Å². The minimum absolute atomic E-state index is 0.0731. The van der Waals surface area contributed by atoms with Gasteiger partial charge in [-0.15, -0.1) is 0 Å². The number of ether oxygens (including phenoxy) is 1. The molecule has 7 heteroatoms. The summed E-state index contributed by atoms with van der Waals surface area (Å²) in [6.45, 7) is 7.00. The van der Waals surface area contributed by atoms with E-state index in [0.717, 1.165) is 37.3 Å². The lowest BCUT2D eigenvalue weighted by Gasteiger charge is -2.27. The summed E-state index contributed by atoms with van der Waals surface area (Å²) in [5.74, 6) is 0.310. The van der Waals surface area contributed by atoms with E-state index in [1.54, 1.807) is 0 Å². The number of carbonyl (C=O) groups excluding carboxylic acids is 2. The second-order valence-corrected chi connectivity index (χ2v) is 7.96. The Balaban J connectivity index is 1.49. The smallest absolute Gasteiger partial charge is 0.359 e. The SMILES string of the molecule is CCOC(=O)c1nn(CC2CC2)c2c1CN(Cc1ccc(NC(C)=O)cc1)CC2. The van der Waals surface area contributed by atoms with Crippen molar-refractivity contribution in [1.82, 2.24) is 14.7 Å². The number of rotatable bonds is 7. The topological polar surface area (TPSA) is 76.5 Å². The normalized spacial score (nSPS) is 16.3. The predicted octanol–water partition coefficient (Wildman–Crippen LogP) is 2.99. The maximum Gasteiger partial charge on any atom is 0.359 e. The summed E-state index contributed by atoms with van der Waals surface area (Å²) in [4.78, 5) is 26.0. The Labute approximate surface area is 171 Å². The van der Waals surface area contributed by atoms with Gasteiger partial charge in [0.05, 0.1) is 6.61 Å². The molecule has 4 rings (SSSR count). The first-order valence-electron chi connectivity index (χ1n) is 10.4. The average molecular weight is 396 g/mol. The lowest BCUT2D eigenvalue weighted by molar-refractivity contribution is -0.114. The minimum Gasteiger partial charge on any atom is -0.461 e. The molecule has 29 heavy (non-hydrogen) atoms. The quantitative estimate of drug-likeness (QED) is 0.728. The van der Waals surface area contributed by atoms with Crippen molar-refractivity contribution in [3.63, 3.8) is 0 Å². The van der Waals surface area contributed by atoms with Gasteiger partial charge < -0.3 is 10.1 Å². The molecule has 1 aromatic carbocycles. The minimum atomic E-state index is -0.320. The molecule has 0 bridgehead atoms. The van der Waals surface area contributed by atoms with Gasteiger partial charge in [0.2, 0.25) is 5.91 Å². The number of fused-ring (bicyclic) bond motifs is 1. The summed E-state index contributed by atoms with van der Waals surface area (Å²) >= 11 is 0. The lowest BCUT2D eigenvalue weighted by atomic mass is 10.0. The Kier molecular flexibility index (Phi) is 5.67. The molecule has 0 saturated heterocycles. The molecule has 0 atom stereocenters. The Hall–Kier alpha value is -2.67. The molecule has 1 aliphatic heterocycles. The van der Waals surface area contributed by atoms with Crippen molar-refractivity contribution >= 4 is 17.6 Å². The first-order chi connectivity index (χ1) is 14.0. The van der Waals surface area contributed by atoms with Gasteiger partial charge in [0, 0.05) is 56.5 Å². The van der Waals surface area contributed by atoms with E-state index >= 15 is 0 Å². The van der Waals surface area contributed by atoms with Crippen molar-refractivity contribution in [2.24, 2.45) is 5.92 Å². The van der Waals surface area contributed by atoms with Gasteiger partial charge in [-0.3, -0.25) is 14.4 Å². The molecule has 1 fully saturated rings. The zero-order valence-corrected chi connectivity index (χ0v) is 17.1. The van der Waals surface area contributed by atoms with Crippen LogP contribution in [0.3, 0.4) is 0 Å². The summed E-state index contributed by atoms with van der Waals surface area (Å²) in [6.07, 6.45) is 3.40. The van der Waals surface area contributed by atoms with Gasteiger partial charge in [0.15, 0.2) is 5.69 Å². The van der Waals surface area contributed by atoms with Crippen molar-refractivity contribution in [3.8, 4) is 0 Å². The van der Waals surface area contributed by atoms with Gasteiger partial charge in [-0.2, -0.15) is 5.10 Å². The summed E-state index contributed by atoms with van der Waals surface area (Å²) < 4.78 is 7.31. The Bertz CT molecular complexity index is 900. The lowest BCUT2D eigenvalue weighted by Crippen LogP contribution is -2.31. The van der Waals surface area contributed by atoms with Crippen LogP contribution in [0.25, 0.3) is 0 Å². The number of amides is 1. The number of nitrogens with zero attached hydrogens (tertiary/aromatic N) is 3. The molecule has 2 aliphatic rings. The van der Waals surface area contributed by atoms with Gasteiger partial charge in [-0.25, -0.2) is 4.79 Å². The maximum absolute atomic E-state index is 12.5. The third-order valence-corrected chi connectivity index (χ3v) is 5.49. The van der Waals surface area contributed by atoms with Gasteiger partial charge >= 0.3 is 5.97 Å². The number of anilines is 1. The van der Waals surface area contributed by atoms with E-state index in [4.69, 9.17) is 4.74 Å². The summed E-state index contributed by atoms with van der Waals surface area (Å²) in [5, 5.41) is 7.44. The van der Waals surface area contributed by atoms with Crippen molar-refractivity contribution in [1.29, 1.82) is 0 Å². The van der Waals surface area contributed by atoms with Crippen LogP contribution in [0.1, 0.15) is 54.0 Å². The number of aromatic nitrogens is 2. The molecule has 7 nitrogen and oxygen atoms in total. The number of carbonyl (C=O) groups is 2. The molecular weight excluding hydrogens is 368 g/mol. The van der Waals surface area contributed by atoms with Crippen molar-refractivity contribution in [2.45, 2.75) is 52.7 Å². The number of esters is 1. The van der Waals surface area contributed by atoms with Gasteiger partial charge in [0.1, 0.15) is 0 Å². The zero-order chi connectivity index (χ0) is 20.4. The van der Waals surface area contributed by atoms with Crippen LogP contribution in [-0.2, 0) is 35.6 Å². The van der Waals surface area contributed by atoms with Crippen LogP contribution in [-0.4, -0.2) is 39.7 Å². The maximum atomic E-state index is 12.5. The Morgan fingerprint density at radius 3 is 2.66 bits per heavy atom. The number of hydrogen-bond acceptors (Lipinski definition) is 5. The predicted molar refractivity (Wildman–Crippen MR) is 109 cm³/mol. The third-order valence-electron chi connectivity index (χ3n) is 5.49. The van der Waals surface area contributed by atoms with Gasteiger partial charge in [-0.05, 0) is 43.4 Å². The fourth-order valence-corrected chi connectivity index (χ4v) is 3.90. The van der Waals surface area contributed by atoms with E-state index in [0.29, 0.717) is 24.8 Å². The molecule has 2 aromatic rings. The fourth-order valence-electron chi connectivity index (χ4n) is 3.90. The van der Waals surface area contributed by atoms with Crippen LogP contribution in [0, 0.1) is 5.92 Å². The molecule has 1 N–H and O–H groups in total. The number of hydrogen-bond donors (Lipinski definition) is 1. The van der Waals surface area contributed by atoms with Crippen LogP contribution in [0.2, 0.25) is 0 Å². The summed E-state index contributed by atoms with van der Waals surface area (Å²) in [7, 11) is 0. The average Bonchev–Trinajstić information content (AvgIpc) is 3.43. The van der Waals surface area contributed by atoms with Gasteiger partial charge in [-0.1, -0.05) is 12.1 Å². The first-order valence-corrected chi connectivity index (χ1v) is 10.4. The highest BCUT2D eigenvalue weighted by atomic mass is 16.5. The highest BCUT2D eigenvalue weighted by Gasteiger charge is 2.31. The Morgan fingerprint density at radius 1 is 1.24 bits per heavy atom. The van der Waals surface area contributed by atoms with Crippen LogP contribution >= 0.6 is 0 Å². The number of benzene rings is 1. The third kappa shape index (κ3) is 4.67. The molecule has 0 spiro atoms.